The average molecular weight is 297 g/mol. The number of carboxylic acid groups (broad SMARTS) is 1. The molecule has 1 rings (SSSR count). The second-order valence-electron chi connectivity index (χ2n) is 5.47. The van der Waals surface area contributed by atoms with Crippen LogP contribution in [0.4, 0.5) is 0 Å². The van der Waals surface area contributed by atoms with Crippen LogP contribution >= 0.6 is 0 Å². The summed E-state index contributed by atoms with van der Waals surface area (Å²) >= 11 is 0. The number of likely N-dealkylation sites (N-methyl/N-ethyl adjacent to an activating group) is 2. The number of aryl methyl sites for hydroxylation is 1. The summed E-state index contributed by atoms with van der Waals surface area (Å²) in [6, 6.07) is 1.39. The predicted molar refractivity (Wildman–Crippen MR) is 79.6 cm³/mol. The number of nitrogens with zero attached hydrogens (tertiary/aromatic N) is 3. The van der Waals surface area contributed by atoms with E-state index in [9.17, 15) is 14.7 Å². The highest BCUT2D eigenvalue weighted by Gasteiger charge is 2.16. The molecule has 0 aliphatic rings. The molecule has 0 atom stereocenters. The molecule has 0 unspecified atom stereocenters. The number of hydrogen-bond acceptors (Lipinski definition) is 5. The fraction of sp³-hybridized carbons (Fsp3) is 0.571. The Balaban J connectivity index is 3.13. The summed E-state index contributed by atoms with van der Waals surface area (Å²) in [5.41, 5.74) is 0.760. The van der Waals surface area contributed by atoms with Crippen LogP contribution in [0.2, 0.25) is 0 Å². The van der Waals surface area contributed by atoms with Crippen molar-refractivity contribution in [2.75, 3.05) is 34.2 Å². The van der Waals surface area contributed by atoms with Crippen molar-refractivity contribution >= 4 is 5.97 Å². The number of aliphatic carboxylic acids is 1. The summed E-state index contributed by atoms with van der Waals surface area (Å²) in [5, 5.41) is 18.8. The van der Waals surface area contributed by atoms with Crippen LogP contribution in [-0.2, 0) is 17.9 Å². The maximum atomic E-state index is 11.7. The Hall–Kier alpha value is -1.86. The molecule has 1 aromatic rings. The molecule has 0 bridgehead atoms. The highest BCUT2D eigenvalue weighted by Crippen LogP contribution is 2.16. The summed E-state index contributed by atoms with van der Waals surface area (Å²) in [6.07, 6.45) is 0. The molecule has 0 aliphatic carbocycles. The van der Waals surface area contributed by atoms with Crippen LogP contribution in [0.25, 0.3) is 0 Å². The van der Waals surface area contributed by atoms with Crippen LogP contribution in [0.1, 0.15) is 11.4 Å². The highest BCUT2D eigenvalue weighted by atomic mass is 16.4. The van der Waals surface area contributed by atoms with Crippen molar-refractivity contribution in [2.24, 2.45) is 0 Å². The molecule has 0 aromatic carbocycles. The summed E-state index contributed by atoms with van der Waals surface area (Å²) in [4.78, 5) is 26.0. The number of hydrogen-bond donors (Lipinski definition) is 2. The number of aromatic nitrogens is 1. The quantitative estimate of drug-likeness (QED) is 0.733. The van der Waals surface area contributed by atoms with E-state index in [1.54, 1.807) is 18.9 Å². The second kappa shape index (κ2) is 7.24. The van der Waals surface area contributed by atoms with Crippen molar-refractivity contribution in [3.63, 3.8) is 0 Å². The second-order valence-corrected chi connectivity index (χ2v) is 5.47. The molecule has 0 fully saturated rings. The Morgan fingerprint density at radius 3 is 2.48 bits per heavy atom. The first-order valence-electron chi connectivity index (χ1n) is 6.69. The molecule has 0 saturated carbocycles. The van der Waals surface area contributed by atoms with Gasteiger partial charge in [-0.3, -0.25) is 14.5 Å². The number of aromatic hydroxyl groups is 1. The molecule has 0 saturated heterocycles. The van der Waals surface area contributed by atoms with E-state index in [0.717, 1.165) is 12.2 Å². The largest absolute Gasteiger partial charge is 0.503 e. The lowest BCUT2D eigenvalue weighted by atomic mass is 10.2. The van der Waals surface area contributed by atoms with Crippen molar-refractivity contribution in [3.05, 3.63) is 27.7 Å². The minimum atomic E-state index is -0.952. The summed E-state index contributed by atoms with van der Waals surface area (Å²) in [6.45, 7) is 3.21. The Bertz CT molecular complexity index is 566. The third kappa shape index (κ3) is 4.87. The van der Waals surface area contributed by atoms with E-state index < -0.39 is 11.4 Å². The van der Waals surface area contributed by atoms with Gasteiger partial charge in [-0.2, -0.15) is 0 Å². The van der Waals surface area contributed by atoms with Crippen LogP contribution in [0.5, 0.6) is 5.75 Å². The molecule has 0 aliphatic heterocycles. The van der Waals surface area contributed by atoms with Crippen LogP contribution < -0.4 is 5.43 Å². The third-order valence-electron chi connectivity index (χ3n) is 3.19. The van der Waals surface area contributed by atoms with Gasteiger partial charge in [0.1, 0.15) is 0 Å². The lowest BCUT2D eigenvalue weighted by Gasteiger charge is -2.23. The minimum Gasteiger partial charge on any atom is -0.503 e. The van der Waals surface area contributed by atoms with Crippen molar-refractivity contribution in [1.29, 1.82) is 0 Å². The zero-order valence-electron chi connectivity index (χ0n) is 13.0. The van der Waals surface area contributed by atoms with Crippen molar-refractivity contribution < 1.29 is 15.0 Å². The van der Waals surface area contributed by atoms with Crippen molar-refractivity contribution in [2.45, 2.75) is 20.0 Å². The van der Waals surface area contributed by atoms with Crippen molar-refractivity contribution in [3.8, 4) is 5.75 Å². The molecule has 1 heterocycles. The zero-order valence-corrected chi connectivity index (χ0v) is 13.0. The Labute approximate surface area is 124 Å². The number of pyridine rings is 1. The van der Waals surface area contributed by atoms with Gasteiger partial charge < -0.3 is 19.7 Å². The van der Waals surface area contributed by atoms with Gasteiger partial charge in [0.05, 0.1) is 12.2 Å². The minimum absolute atomic E-state index is 0.157. The van der Waals surface area contributed by atoms with Crippen LogP contribution in [0.15, 0.2) is 10.9 Å². The molecule has 0 radical (unpaired) electrons. The fourth-order valence-corrected chi connectivity index (χ4v) is 2.13. The molecular weight excluding hydrogens is 274 g/mol. The first-order chi connectivity index (χ1) is 9.72. The molecule has 21 heavy (non-hydrogen) atoms. The number of carboxylic acids is 1. The van der Waals surface area contributed by atoms with Crippen LogP contribution in [0, 0.1) is 6.92 Å². The normalized spacial score (nSPS) is 11.3. The lowest BCUT2D eigenvalue weighted by molar-refractivity contribution is -0.138. The Morgan fingerprint density at radius 2 is 1.95 bits per heavy atom. The smallest absolute Gasteiger partial charge is 0.317 e. The standard InChI is InChI=1S/C14H23N3O4/c1-10-7-12(18)14(21)11(8-16(4)9-13(19)20)17(10)6-5-15(2)3/h7,21H,5-6,8-9H2,1-4H3,(H,19,20). The Morgan fingerprint density at radius 1 is 1.33 bits per heavy atom. The van der Waals surface area contributed by atoms with E-state index in [-0.39, 0.29) is 18.8 Å². The summed E-state index contributed by atoms with van der Waals surface area (Å²) in [7, 11) is 5.51. The molecule has 7 nitrogen and oxygen atoms in total. The average Bonchev–Trinajstić information content (AvgIpc) is 2.33. The topological polar surface area (TPSA) is 86.0 Å². The summed E-state index contributed by atoms with van der Waals surface area (Å²) < 4.78 is 1.86. The van der Waals surface area contributed by atoms with E-state index >= 15 is 0 Å². The summed E-state index contributed by atoms with van der Waals surface area (Å²) in [5.74, 6) is -1.26. The van der Waals surface area contributed by atoms with E-state index in [1.807, 2.05) is 23.6 Å². The molecule has 0 spiro atoms. The van der Waals surface area contributed by atoms with Gasteiger partial charge in [-0.05, 0) is 28.1 Å². The maximum Gasteiger partial charge on any atom is 0.317 e. The number of carbonyl (C=O) groups is 1. The van der Waals surface area contributed by atoms with Gasteiger partial charge in [0, 0.05) is 31.4 Å². The van der Waals surface area contributed by atoms with Gasteiger partial charge in [0.15, 0.2) is 5.75 Å². The van der Waals surface area contributed by atoms with Crippen molar-refractivity contribution in [1.82, 2.24) is 14.4 Å². The van der Waals surface area contributed by atoms with Gasteiger partial charge in [0.25, 0.3) is 0 Å². The van der Waals surface area contributed by atoms with Crippen LogP contribution in [-0.4, -0.2) is 64.8 Å². The molecule has 0 amide bonds. The Kier molecular flexibility index (Phi) is 5.92. The van der Waals surface area contributed by atoms with Gasteiger partial charge >= 0.3 is 5.97 Å². The first kappa shape index (κ1) is 17.2. The van der Waals surface area contributed by atoms with E-state index in [4.69, 9.17) is 5.11 Å². The molecule has 2 N–H and O–H groups in total. The SMILES string of the molecule is Cc1cc(=O)c(O)c(CN(C)CC(=O)O)n1CCN(C)C. The number of rotatable bonds is 7. The third-order valence-corrected chi connectivity index (χ3v) is 3.19. The zero-order chi connectivity index (χ0) is 16.2. The predicted octanol–water partition coefficient (Wildman–Crippen LogP) is -0.0597. The highest BCUT2D eigenvalue weighted by molar-refractivity contribution is 5.69. The van der Waals surface area contributed by atoms with E-state index in [2.05, 4.69) is 0 Å². The molecule has 118 valence electrons. The van der Waals surface area contributed by atoms with E-state index in [1.165, 1.54) is 6.07 Å². The van der Waals surface area contributed by atoms with Crippen LogP contribution in [0.3, 0.4) is 0 Å². The van der Waals surface area contributed by atoms with Gasteiger partial charge in [0.2, 0.25) is 5.43 Å². The fourth-order valence-electron chi connectivity index (χ4n) is 2.13. The van der Waals surface area contributed by atoms with Gasteiger partial charge in [-0.25, -0.2) is 0 Å². The maximum absolute atomic E-state index is 11.7. The molecule has 1 aromatic heterocycles. The lowest BCUT2D eigenvalue weighted by Crippen LogP contribution is -2.30. The van der Waals surface area contributed by atoms with Gasteiger partial charge in [-0.1, -0.05) is 0 Å². The van der Waals surface area contributed by atoms with Gasteiger partial charge in [-0.15, -0.1) is 0 Å². The monoisotopic (exact) mass is 297 g/mol. The first-order valence-corrected chi connectivity index (χ1v) is 6.69. The molecular formula is C14H23N3O4. The molecule has 7 heteroatoms. The van der Waals surface area contributed by atoms with E-state index in [0.29, 0.717) is 12.2 Å².